The summed E-state index contributed by atoms with van der Waals surface area (Å²) in [5, 5.41) is 8.44. The molecule has 0 atom stereocenters. The van der Waals surface area contributed by atoms with Crippen LogP contribution in [0.2, 0.25) is 0 Å². The predicted octanol–water partition coefficient (Wildman–Crippen LogP) is 0.985. The maximum absolute atomic E-state index is 8.44. The highest BCUT2D eigenvalue weighted by atomic mass is 127. The Balaban J connectivity index is 3.04. The summed E-state index contributed by atoms with van der Waals surface area (Å²) in [5.74, 6) is -0.0654. The van der Waals surface area contributed by atoms with E-state index in [1.165, 1.54) is 6.26 Å². The van der Waals surface area contributed by atoms with Gasteiger partial charge in [0.25, 0.3) is 9.78 Å². The zero-order chi connectivity index (χ0) is 5.28. The Labute approximate surface area is 53.5 Å². The average molecular weight is 211 g/mol. The first-order valence-electron chi connectivity index (χ1n) is 1.59. The van der Waals surface area contributed by atoms with E-state index in [0.717, 1.165) is 0 Å². The van der Waals surface area contributed by atoms with E-state index in [-0.39, 0.29) is 5.88 Å². The fraction of sp³-hybridized carbons (Fsp3) is 0. The molecule has 0 unspecified atom stereocenters. The third-order valence-corrected chi connectivity index (χ3v) is 0.960. The Morgan fingerprint density at radius 3 is 2.71 bits per heavy atom. The average Bonchev–Trinajstić information content (AvgIpc) is 1.87. The van der Waals surface area contributed by atoms with Crippen molar-refractivity contribution < 1.29 is 9.52 Å². The zero-order valence-corrected chi connectivity index (χ0v) is 5.42. The van der Waals surface area contributed by atoms with Crippen molar-refractivity contribution in [3.63, 3.8) is 0 Å². The van der Waals surface area contributed by atoms with Crippen molar-refractivity contribution in [2.24, 2.45) is 0 Å². The first kappa shape index (κ1) is 4.89. The highest BCUT2D eigenvalue weighted by molar-refractivity contribution is 14.1. The van der Waals surface area contributed by atoms with Gasteiger partial charge < -0.3 is 9.52 Å². The maximum atomic E-state index is 8.44. The van der Waals surface area contributed by atoms with Crippen molar-refractivity contribution in [3.8, 4) is 5.88 Å². The molecule has 1 aromatic rings. The van der Waals surface area contributed by atoms with Gasteiger partial charge in [-0.3, -0.25) is 0 Å². The minimum absolute atomic E-state index is 0.0654. The van der Waals surface area contributed by atoms with Crippen LogP contribution in [-0.4, -0.2) is 10.1 Å². The van der Waals surface area contributed by atoms with E-state index in [1.54, 1.807) is 0 Å². The highest BCUT2D eigenvalue weighted by Gasteiger charge is 1.92. The molecule has 1 heterocycles. The van der Waals surface area contributed by atoms with Gasteiger partial charge in [0.15, 0.2) is 6.26 Å². The van der Waals surface area contributed by atoms with Crippen molar-refractivity contribution in [2.45, 2.75) is 0 Å². The van der Waals surface area contributed by atoms with Gasteiger partial charge >= 0.3 is 0 Å². The van der Waals surface area contributed by atoms with E-state index in [4.69, 9.17) is 5.11 Å². The predicted molar refractivity (Wildman–Crippen MR) is 30.9 cm³/mol. The number of aromatic nitrogens is 1. The van der Waals surface area contributed by atoms with Gasteiger partial charge in [-0.1, -0.05) is 0 Å². The maximum Gasteiger partial charge on any atom is 0.260 e. The molecule has 1 N–H and O–H groups in total. The zero-order valence-electron chi connectivity index (χ0n) is 3.26. The Morgan fingerprint density at radius 1 is 1.86 bits per heavy atom. The summed E-state index contributed by atoms with van der Waals surface area (Å²) in [7, 11) is 0. The fourth-order valence-electron chi connectivity index (χ4n) is 0.244. The lowest BCUT2D eigenvalue weighted by atomic mass is 10.9. The van der Waals surface area contributed by atoms with Crippen molar-refractivity contribution >= 4 is 22.6 Å². The van der Waals surface area contributed by atoms with Crippen molar-refractivity contribution in [2.75, 3.05) is 0 Å². The Kier molecular flexibility index (Phi) is 1.18. The smallest absolute Gasteiger partial charge is 0.260 e. The highest BCUT2D eigenvalue weighted by Crippen LogP contribution is 2.08. The van der Waals surface area contributed by atoms with Gasteiger partial charge in [0.2, 0.25) is 0 Å². The van der Waals surface area contributed by atoms with Crippen LogP contribution in [0.25, 0.3) is 0 Å². The molecule has 0 saturated heterocycles. The van der Waals surface area contributed by atoms with E-state index < -0.39 is 0 Å². The number of nitrogens with zero attached hydrogens (tertiary/aromatic N) is 1. The molecule has 0 aliphatic rings. The molecule has 1 rings (SSSR count). The molecule has 0 bridgehead atoms. The standard InChI is InChI=1S/C3H2INO2/c4-3-5-2(6)1-7-3/h1,6H. The van der Waals surface area contributed by atoms with E-state index in [2.05, 4.69) is 9.40 Å². The molecule has 0 aliphatic heterocycles. The summed E-state index contributed by atoms with van der Waals surface area (Å²) in [4.78, 5) is 3.49. The van der Waals surface area contributed by atoms with Crippen LogP contribution in [0.15, 0.2) is 10.7 Å². The lowest BCUT2D eigenvalue weighted by Gasteiger charge is -1.66. The van der Waals surface area contributed by atoms with Crippen LogP contribution in [0.5, 0.6) is 5.88 Å². The second kappa shape index (κ2) is 1.69. The summed E-state index contributed by atoms with van der Waals surface area (Å²) in [6.45, 7) is 0. The molecule has 0 fully saturated rings. The second-order valence-corrected chi connectivity index (χ2v) is 1.88. The summed E-state index contributed by atoms with van der Waals surface area (Å²) < 4.78 is 5.04. The fourth-order valence-corrected chi connectivity index (χ4v) is 0.618. The number of rotatable bonds is 0. The second-order valence-electron chi connectivity index (χ2n) is 0.959. The normalized spacial score (nSPS) is 9.29. The molecule has 0 saturated carbocycles. The molecule has 0 spiro atoms. The third-order valence-electron chi connectivity index (χ3n) is 0.464. The lowest BCUT2D eigenvalue weighted by Crippen LogP contribution is -1.61. The van der Waals surface area contributed by atoms with Crippen LogP contribution in [0.4, 0.5) is 0 Å². The van der Waals surface area contributed by atoms with Gasteiger partial charge in [0.1, 0.15) is 0 Å². The summed E-state index contributed by atoms with van der Waals surface area (Å²) >= 11 is 1.86. The molecule has 4 heteroatoms. The largest absolute Gasteiger partial charge is 0.491 e. The Morgan fingerprint density at radius 2 is 2.57 bits per heavy atom. The van der Waals surface area contributed by atoms with Crippen molar-refractivity contribution in [1.82, 2.24) is 4.98 Å². The molecule has 0 radical (unpaired) electrons. The van der Waals surface area contributed by atoms with Gasteiger partial charge in [-0.05, 0) is 0 Å². The van der Waals surface area contributed by atoms with Gasteiger partial charge in [-0.15, -0.1) is 0 Å². The molecular weight excluding hydrogens is 209 g/mol. The van der Waals surface area contributed by atoms with Gasteiger partial charge in [-0.25, -0.2) is 0 Å². The number of oxazole rings is 1. The minimum Gasteiger partial charge on any atom is -0.491 e. The van der Waals surface area contributed by atoms with Gasteiger partial charge in [0.05, 0.1) is 0 Å². The van der Waals surface area contributed by atoms with E-state index in [9.17, 15) is 0 Å². The molecular formula is C3H2INO2. The Bertz CT molecular complexity index is 145. The molecule has 7 heavy (non-hydrogen) atoms. The molecule has 3 nitrogen and oxygen atoms in total. The molecule has 0 aromatic carbocycles. The minimum atomic E-state index is -0.0654. The van der Waals surface area contributed by atoms with Crippen LogP contribution >= 0.6 is 22.6 Å². The third kappa shape index (κ3) is 1.05. The van der Waals surface area contributed by atoms with Crippen molar-refractivity contribution in [3.05, 3.63) is 10.2 Å². The van der Waals surface area contributed by atoms with Crippen molar-refractivity contribution in [1.29, 1.82) is 0 Å². The quantitative estimate of drug-likeness (QED) is 0.650. The lowest BCUT2D eigenvalue weighted by molar-refractivity contribution is 0.447. The SMILES string of the molecule is Oc1coc(I)n1. The van der Waals surface area contributed by atoms with E-state index in [1.807, 2.05) is 22.6 Å². The first-order valence-corrected chi connectivity index (χ1v) is 2.67. The number of halogens is 1. The number of hydrogen-bond donors (Lipinski definition) is 1. The van der Waals surface area contributed by atoms with Crippen LogP contribution in [0.1, 0.15) is 0 Å². The summed E-state index contributed by atoms with van der Waals surface area (Å²) in [5.41, 5.74) is 0. The summed E-state index contributed by atoms with van der Waals surface area (Å²) in [6.07, 6.45) is 1.18. The number of aromatic hydroxyl groups is 1. The van der Waals surface area contributed by atoms with Gasteiger partial charge in [-0.2, -0.15) is 4.98 Å². The number of hydrogen-bond acceptors (Lipinski definition) is 3. The van der Waals surface area contributed by atoms with Crippen LogP contribution in [0, 0.1) is 3.90 Å². The monoisotopic (exact) mass is 211 g/mol. The first-order chi connectivity index (χ1) is 3.29. The van der Waals surface area contributed by atoms with Crippen LogP contribution in [0.3, 0.4) is 0 Å². The molecule has 0 aliphatic carbocycles. The Hall–Kier alpha value is -0.260. The molecule has 38 valence electrons. The van der Waals surface area contributed by atoms with Crippen LogP contribution < -0.4 is 0 Å². The van der Waals surface area contributed by atoms with E-state index in [0.29, 0.717) is 3.90 Å². The van der Waals surface area contributed by atoms with Crippen LogP contribution in [-0.2, 0) is 0 Å². The molecule has 0 amide bonds. The summed E-state index contributed by atoms with van der Waals surface area (Å²) in [6, 6.07) is 0. The van der Waals surface area contributed by atoms with Gasteiger partial charge in [0, 0.05) is 22.6 Å². The topological polar surface area (TPSA) is 46.3 Å². The molecule has 1 aromatic heterocycles. The van der Waals surface area contributed by atoms with E-state index >= 15 is 0 Å².